The molecule has 184 valence electrons. The minimum atomic E-state index is -2.75. The summed E-state index contributed by atoms with van der Waals surface area (Å²) < 4.78 is 37.3. The minimum absolute atomic E-state index is 0.162. The summed E-state index contributed by atoms with van der Waals surface area (Å²) in [6, 6.07) is 10.5. The van der Waals surface area contributed by atoms with E-state index in [2.05, 4.69) is 17.1 Å². The molecule has 0 unspecified atom stereocenters. The lowest BCUT2D eigenvalue weighted by molar-refractivity contribution is -0.124. The van der Waals surface area contributed by atoms with Crippen LogP contribution in [0.1, 0.15) is 47.7 Å². The number of carbonyl (C=O) groups is 2. The Hall–Kier alpha value is -3.16. The first-order chi connectivity index (χ1) is 16.2. The number of carbonyl (C=O) groups excluding carboxylic acids is 2. The normalized spacial score (nSPS) is 16.8. The standard InChI is InChI=1S/C26H32F2N2O4/c1-16-7-6-12-30(15-16)19-10-11-21(20(13-19)26(32)33-4)29-25(31)22(14-23(27)28)34-24-17(2)8-5-9-18(24)3/h5,8-11,13,16,22-23H,6-7,12,14-15H2,1-4H3,(H,29,31)/t16-,22+/m1/s1. The summed E-state index contributed by atoms with van der Waals surface area (Å²) in [5.41, 5.74) is 2.68. The number of amides is 1. The third-order valence-electron chi connectivity index (χ3n) is 6.04. The average molecular weight is 475 g/mol. The third-order valence-corrected chi connectivity index (χ3v) is 6.04. The Bertz CT molecular complexity index is 1010. The highest BCUT2D eigenvalue weighted by Crippen LogP contribution is 2.29. The maximum atomic E-state index is 13.3. The molecular weight excluding hydrogens is 442 g/mol. The van der Waals surface area contributed by atoms with Crippen LogP contribution in [0.15, 0.2) is 36.4 Å². The summed E-state index contributed by atoms with van der Waals surface area (Å²) in [4.78, 5) is 27.7. The summed E-state index contributed by atoms with van der Waals surface area (Å²) in [5, 5.41) is 2.61. The molecular formula is C26H32F2N2O4. The van der Waals surface area contributed by atoms with Gasteiger partial charge in [-0.25, -0.2) is 13.6 Å². The highest BCUT2D eigenvalue weighted by molar-refractivity contribution is 6.03. The molecule has 8 heteroatoms. The maximum Gasteiger partial charge on any atom is 0.340 e. The van der Waals surface area contributed by atoms with Crippen LogP contribution in [0.4, 0.5) is 20.2 Å². The fourth-order valence-electron chi connectivity index (χ4n) is 4.25. The number of hydrogen-bond acceptors (Lipinski definition) is 5. The number of nitrogens with one attached hydrogen (secondary N) is 1. The molecule has 1 fully saturated rings. The number of para-hydroxylation sites is 1. The number of alkyl halides is 2. The predicted molar refractivity (Wildman–Crippen MR) is 128 cm³/mol. The fourth-order valence-corrected chi connectivity index (χ4v) is 4.25. The first kappa shape index (κ1) is 25.5. The van der Waals surface area contributed by atoms with E-state index < -0.39 is 30.8 Å². The van der Waals surface area contributed by atoms with Gasteiger partial charge < -0.3 is 19.7 Å². The Morgan fingerprint density at radius 1 is 1.18 bits per heavy atom. The van der Waals surface area contributed by atoms with E-state index in [4.69, 9.17) is 9.47 Å². The summed E-state index contributed by atoms with van der Waals surface area (Å²) in [6.45, 7) is 7.49. The van der Waals surface area contributed by atoms with Gasteiger partial charge in [0.1, 0.15) is 5.75 Å². The van der Waals surface area contributed by atoms with Crippen LogP contribution in [0.3, 0.4) is 0 Å². The van der Waals surface area contributed by atoms with Crippen LogP contribution < -0.4 is 15.0 Å². The lowest BCUT2D eigenvalue weighted by Gasteiger charge is -2.33. The molecule has 1 aliphatic heterocycles. The quantitative estimate of drug-likeness (QED) is 0.521. The molecule has 1 amide bonds. The van der Waals surface area contributed by atoms with E-state index >= 15 is 0 Å². The van der Waals surface area contributed by atoms with Gasteiger partial charge in [0.05, 0.1) is 24.8 Å². The van der Waals surface area contributed by atoms with Gasteiger partial charge in [-0.2, -0.15) is 0 Å². The first-order valence-electron chi connectivity index (χ1n) is 11.5. The maximum absolute atomic E-state index is 13.3. The SMILES string of the molecule is COC(=O)c1cc(N2CCC[C@@H](C)C2)ccc1NC(=O)[C@H](CC(F)F)Oc1c(C)cccc1C. The van der Waals surface area contributed by atoms with Crippen LogP contribution in [-0.2, 0) is 9.53 Å². The topological polar surface area (TPSA) is 67.9 Å². The highest BCUT2D eigenvalue weighted by Gasteiger charge is 2.28. The summed E-state index contributed by atoms with van der Waals surface area (Å²) in [5.74, 6) is -0.450. The van der Waals surface area contributed by atoms with Gasteiger partial charge in [0, 0.05) is 18.8 Å². The van der Waals surface area contributed by atoms with Crippen LogP contribution in [-0.4, -0.2) is 44.6 Å². The molecule has 1 N–H and O–H groups in total. The van der Waals surface area contributed by atoms with Gasteiger partial charge in [-0.15, -0.1) is 0 Å². The van der Waals surface area contributed by atoms with Gasteiger partial charge in [-0.05, 0) is 61.9 Å². The fraction of sp³-hybridized carbons (Fsp3) is 0.462. The molecule has 3 rings (SSSR count). The molecule has 34 heavy (non-hydrogen) atoms. The van der Waals surface area contributed by atoms with Crippen molar-refractivity contribution in [1.82, 2.24) is 0 Å². The number of benzene rings is 2. The van der Waals surface area contributed by atoms with Gasteiger partial charge in [-0.3, -0.25) is 4.79 Å². The molecule has 2 aromatic carbocycles. The van der Waals surface area contributed by atoms with E-state index in [-0.39, 0.29) is 11.3 Å². The third kappa shape index (κ3) is 6.24. The Morgan fingerprint density at radius 3 is 2.50 bits per heavy atom. The molecule has 0 aliphatic carbocycles. The Labute approximate surface area is 199 Å². The van der Waals surface area contributed by atoms with Crippen LogP contribution in [0.5, 0.6) is 5.75 Å². The number of anilines is 2. The van der Waals surface area contributed by atoms with E-state index in [9.17, 15) is 18.4 Å². The molecule has 0 aromatic heterocycles. The van der Waals surface area contributed by atoms with Gasteiger partial charge in [0.2, 0.25) is 6.43 Å². The Kier molecular flexibility index (Phi) is 8.47. The second kappa shape index (κ2) is 11.3. The zero-order valence-electron chi connectivity index (χ0n) is 20.1. The van der Waals surface area contributed by atoms with Crippen molar-refractivity contribution >= 4 is 23.3 Å². The van der Waals surface area contributed by atoms with Gasteiger partial charge in [0.25, 0.3) is 5.91 Å². The summed E-state index contributed by atoms with van der Waals surface area (Å²) in [7, 11) is 1.26. The summed E-state index contributed by atoms with van der Waals surface area (Å²) in [6.07, 6.45) is -2.76. The van der Waals surface area contributed by atoms with E-state index in [0.29, 0.717) is 11.7 Å². The second-order valence-corrected chi connectivity index (χ2v) is 8.86. The van der Waals surface area contributed by atoms with Crippen molar-refractivity contribution in [3.8, 4) is 5.75 Å². The van der Waals surface area contributed by atoms with Crippen molar-refractivity contribution in [2.45, 2.75) is 52.6 Å². The minimum Gasteiger partial charge on any atom is -0.480 e. The van der Waals surface area contributed by atoms with Crippen LogP contribution in [0.25, 0.3) is 0 Å². The van der Waals surface area contributed by atoms with E-state index in [1.54, 1.807) is 38.1 Å². The predicted octanol–water partition coefficient (Wildman–Crippen LogP) is 5.37. The Morgan fingerprint density at radius 2 is 1.88 bits per heavy atom. The van der Waals surface area contributed by atoms with Crippen molar-refractivity contribution in [3.63, 3.8) is 0 Å². The smallest absolute Gasteiger partial charge is 0.340 e. The van der Waals surface area contributed by atoms with E-state index in [1.807, 2.05) is 12.1 Å². The van der Waals surface area contributed by atoms with E-state index in [1.165, 1.54) is 7.11 Å². The molecule has 1 aliphatic rings. The molecule has 0 radical (unpaired) electrons. The van der Waals surface area contributed by atoms with Crippen molar-refractivity contribution in [1.29, 1.82) is 0 Å². The molecule has 6 nitrogen and oxygen atoms in total. The molecule has 1 heterocycles. The number of ether oxygens (including phenoxy) is 2. The molecule has 0 saturated carbocycles. The van der Waals surface area contributed by atoms with Crippen LogP contribution >= 0.6 is 0 Å². The number of methoxy groups -OCH3 is 1. The molecule has 0 spiro atoms. The van der Waals surface area contributed by atoms with Crippen molar-refractivity contribution in [2.24, 2.45) is 5.92 Å². The zero-order valence-corrected chi connectivity index (χ0v) is 20.1. The largest absolute Gasteiger partial charge is 0.480 e. The lowest BCUT2D eigenvalue weighted by Crippen LogP contribution is -2.36. The molecule has 1 saturated heterocycles. The number of rotatable bonds is 8. The molecule has 2 aromatic rings. The van der Waals surface area contributed by atoms with Gasteiger partial charge in [0.15, 0.2) is 6.10 Å². The monoisotopic (exact) mass is 474 g/mol. The molecule has 0 bridgehead atoms. The van der Waals surface area contributed by atoms with Gasteiger partial charge >= 0.3 is 5.97 Å². The number of esters is 1. The van der Waals surface area contributed by atoms with E-state index in [0.717, 1.165) is 42.7 Å². The number of halogens is 2. The number of hydrogen-bond donors (Lipinski definition) is 1. The van der Waals surface area contributed by atoms with Crippen molar-refractivity contribution < 1.29 is 27.8 Å². The first-order valence-corrected chi connectivity index (χ1v) is 11.5. The highest BCUT2D eigenvalue weighted by atomic mass is 19.3. The Balaban J connectivity index is 1.87. The van der Waals surface area contributed by atoms with Crippen LogP contribution in [0, 0.1) is 19.8 Å². The second-order valence-electron chi connectivity index (χ2n) is 8.86. The lowest BCUT2D eigenvalue weighted by atomic mass is 9.99. The van der Waals surface area contributed by atoms with Gasteiger partial charge in [-0.1, -0.05) is 25.1 Å². The van der Waals surface area contributed by atoms with Crippen molar-refractivity contribution in [3.05, 3.63) is 53.1 Å². The number of nitrogens with zero attached hydrogens (tertiary/aromatic N) is 1. The molecule has 2 atom stereocenters. The zero-order chi connectivity index (χ0) is 24.8. The summed E-state index contributed by atoms with van der Waals surface area (Å²) >= 11 is 0. The number of piperidine rings is 1. The number of aryl methyl sites for hydroxylation is 2. The van der Waals surface area contributed by atoms with Crippen molar-refractivity contribution in [2.75, 3.05) is 30.4 Å². The van der Waals surface area contributed by atoms with Crippen LogP contribution in [0.2, 0.25) is 0 Å². The average Bonchev–Trinajstić information content (AvgIpc) is 2.80.